The predicted molar refractivity (Wildman–Crippen MR) is 83.0 cm³/mol. The molecule has 3 aromatic rings. The zero-order chi connectivity index (χ0) is 14.8. The molecule has 5 nitrogen and oxygen atoms in total. The Morgan fingerprint density at radius 2 is 1.43 bits per heavy atom. The minimum absolute atomic E-state index is 0.835. The van der Waals surface area contributed by atoms with Crippen molar-refractivity contribution in [2.24, 2.45) is 7.05 Å². The van der Waals surface area contributed by atoms with E-state index in [1.165, 1.54) is 0 Å². The van der Waals surface area contributed by atoms with Crippen molar-refractivity contribution in [3.05, 3.63) is 60.4 Å². The van der Waals surface area contributed by atoms with E-state index in [2.05, 4.69) is 19.9 Å². The van der Waals surface area contributed by atoms with Gasteiger partial charge >= 0.3 is 0 Å². The first-order valence-electron chi connectivity index (χ1n) is 6.79. The van der Waals surface area contributed by atoms with Crippen LogP contribution < -0.4 is 4.90 Å². The fourth-order valence-corrected chi connectivity index (χ4v) is 2.34. The van der Waals surface area contributed by atoms with Crippen LogP contribution in [-0.2, 0) is 7.05 Å². The minimum Gasteiger partial charge on any atom is -0.320 e. The topological polar surface area (TPSA) is 46.8 Å². The summed E-state index contributed by atoms with van der Waals surface area (Å²) < 4.78 is 1.98. The lowest BCUT2D eigenvalue weighted by Crippen LogP contribution is -2.17. The molecular formula is C16H17N5. The first-order valence-corrected chi connectivity index (χ1v) is 6.79. The van der Waals surface area contributed by atoms with E-state index in [0.29, 0.717) is 0 Å². The average Bonchev–Trinajstić information content (AvgIpc) is 2.89. The number of rotatable bonds is 3. The molecule has 0 aliphatic heterocycles. The maximum atomic E-state index is 4.48. The minimum atomic E-state index is 0.835. The van der Waals surface area contributed by atoms with Crippen LogP contribution >= 0.6 is 0 Å². The molecule has 0 spiro atoms. The molecule has 0 bridgehead atoms. The Morgan fingerprint density at radius 3 is 1.86 bits per heavy atom. The van der Waals surface area contributed by atoms with Crippen LogP contribution in [0.3, 0.4) is 0 Å². The Morgan fingerprint density at radius 1 is 0.857 bits per heavy atom. The van der Waals surface area contributed by atoms with E-state index in [9.17, 15) is 0 Å². The van der Waals surface area contributed by atoms with Gasteiger partial charge in [-0.2, -0.15) is 0 Å². The normalized spacial score (nSPS) is 10.6. The molecular weight excluding hydrogens is 262 g/mol. The van der Waals surface area contributed by atoms with Crippen molar-refractivity contribution in [1.82, 2.24) is 19.5 Å². The van der Waals surface area contributed by atoms with Gasteiger partial charge < -0.3 is 4.57 Å². The van der Waals surface area contributed by atoms with E-state index >= 15 is 0 Å². The molecule has 0 unspecified atom stereocenters. The van der Waals surface area contributed by atoms with E-state index < -0.39 is 0 Å². The van der Waals surface area contributed by atoms with Crippen LogP contribution in [-0.4, -0.2) is 19.5 Å². The van der Waals surface area contributed by atoms with E-state index in [1.807, 2.05) is 55.9 Å². The van der Waals surface area contributed by atoms with Gasteiger partial charge in [0.2, 0.25) is 5.95 Å². The molecule has 3 heterocycles. The maximum Gasteiger partial charge on any atom is 0.214 e. The number of anilines is 3. The number of pyridine rings is 2. The fourth-order valence-electron chi connectivity index (χ4n) is 2.34. The SMILES string of the molecule is Cc1ncccc1N(c1cccnc1C)c1nccn1C. The van der Waals surface area contributed by atoms with Crippen LogP contribution in [0.15, 0.2) is 49.1 Å². The van der Waals surface area contributed by atoms with Gasteiger partial charge in [-0.1, -0.05) is 0 Å². The van der Waals surface area contributed by atoms with Crippen LogP contribution in [0.25, 0.3) is 0 Å². The van der Waals surface area contributed by atoms with Gasteiger partial charge in [-0.3, -0.25) is 14.9 Å². The van der Waals surface area contributed by atoms with Gasteiger partial charge in [0.25, 0.3) is 0 Å². The lowest BCUT2D eigenvalue weighted by atomic mass is 10.2. The summed E-state index contributed by atoms with van der Waals surface area (Å²) in [7, 11) is 1.98. The van der Waals surface area contributed by atoms with Crippen LogP contribution in [0.2, 0.25) is 0 Å². The molecule has 3 rings (SSSR count). The molecule has 0 radical (unpaired) electrons. The molecule has 0 aliphatic rings. The molecule has 21 heavy (non-hydrogen) atoms. The summed E-state index contributed by atoms with van der Waals surface area (Å²) in [6.07, 6.45) is 7.32. The highest BCUT2D eigenvalue weighted by Crippen LogP contribution is 2.35. The van der Waals surface area contributed by atoms with E-state index in [-0.39, 0.29) is 0 Å². The lowest BCUT2D eigenvalue weighted by molar-refractivity contribution is 0.890. The summed E-state index contributed by atoms with van der Waals surface area (Å²) in [4.78, 5) is 15.4. The highest BCUT2D eigenvalue weighted by molar-refractivity contribution is 5.75. The zero-order valence-electron chi connectivity index (χ0n) is 12.4. The zero-order valence-corrected chi connectivity index (χ0v) is 12.4. The number of aromatic nitrogens is 4. The molecule has 0 fully saturated rings. The van der Waals surface area contributed by atoms with Gasteiger partial charge in [-0.05, 0) is 38.1 Å². The summed E-state index contributed by atoms with van der Waals surface area (Å²) in [5.74, 6) is 0.835. The second-order valence-electron chi connectivity index (χ2n) is 4.89. The van der Waals surface area contributed by atoms with Crippen LogP contribution in [0.1, 0.15) is 11.4 Å². The highest BCUT2D eigenvalue weighted by Gasteiger charge is 2.20. The van der Waals surface area contributed by atoms with Crippen molar-refractivity contribution < 1.29 is 0 Å². The first-order chi connectivity index (χ1) is 10.2. The molecule has 0 saturated carbocycles. The molecule has 5 heteroatoms. The van der Waals surface area contributed by atoms with Crippen molar-refractivity contribution >= 4 is 17.3 Å². The number of aryl methyl sites for hydroxylation is 3. The predicted octanol–water partition coefficient (Wildman–Crippen LogP) is 3.30. The quantitative estimate of drug-likeness (QED) is 0.738. The van der Waals surface area contributed by atoms with E-state index in [4.69, 9.17) is 0 Å². The van der Waals surface area contributed by atoms with Crippen LogP contribution in [0, 0.1) is 13.8 Å². The van der Waals surface area contributed by atoms with E-state index in [0.717, 1.165) is 28.7 Å². The van der Waals surface area contributed by atoms with Crippen LogP contribution in [0.4, 0.5) is 17.3 Å². The number of hydrogen-bond acceptors (Lipinski definition) is 4. The van der Waals surface area contributed by atoms with Gasteiger partial charge in [-0.25, -0.2) is 4.98 Å². The lowest BCUT2D eigenvalue weighted by Gasteiger charge is -2.26. The summed E-state index contributed by atoms with van der Waals surface area (Å²) >= 11 is 0. The smallest absolute Gasteiger partial charge is 0.214 e. The molecule has 3 aromatic heterocycles. The maximum absolute atomic E-state index is 4.48. The summed E-state index contributed by atoms with van der Waals surface area (Å²) in [5, 5.41) is 0. The van der Waals surface area contributed by atoms with Gasteiger partial charge in [0.1, 0.15) is 0 Å². The van der Waals surface area contributed by atoms with Crippen molar-refractivity contribution in [2.75, 3.05) is 4.90 Å². The Labute approximate surface area is 123 Å². The van der Waals surface area contributed by atoms with Gasteiger partial charge in [0.05, 0.1) is 22.8 Å². The molecule has 106 valence electrons. The van der Waals surface area contributed by atoms with Gasteiger partial charge in [0.15, 0.2) is 0 Å². The Kier molecular flexibility index (Phi) is 3.39. The average molecular weight is 279 g/mol. The Balaban J connectivity index is 2.24. The standard InChI is InChI=1S/C16H17N5/c1-12-14(6-4-8-17-12)21(16-19-10-11-20(16)3)15-7-5-9-18-13(15)2/h4-11H,1-3H3. The fraction of sp³-hybridized carbons (Fsp3) is 0.188. The van der Waals surface area contributed by atoms with Crippen molar-refractivity contribution in [2.45, 2.75) is 13.8 Å². The molecule has 0 amide bonds. The number of hydrogen-bond donors (Lipinski definition) is 0. The van der Waals surface area contributed by atoms with Crippen molar-refractivity contribution in [3.63, 3.8) is 0 Å². The molecule has 0 aromatic carbocycles. The van der Waals surface area contributed by atoms with Gasteiger partial charge in [-0.15, -0.1) is 0 Å². The third kappa shape index (κ3) is 2.38. The first kappa shape index (κ1) is 13.3. The second kappa shape index (κ2) is 5.36. The summed E-state index contributed by atoms with van der Waals surface area (Å²) in [6.45, 7) is 3.99. The number of imidazole rings is 1. The largest absolute Gasteiger partial charge is 0.320 e. The number of nitrogens with zero attached hydrogens (tertiary/aromatic N) is 5. The van der Waals surface area contributed by atoms with Gasteiger partial charge in [0, 0.05) is 31.8 Å². The van der Waals surface area contributed by atoms with Crippen molar-refractivity contribution in [1.29, 1.82) is 0 Å². The third-order valence-electron chi connectivity index (χ3n) is 3.44. The summed E-state index contributed by atoms with van der Waals surface area (Å²) in [5.41, 5.74) is 3.90. The Hall–Kier alpha value is -2.69. The molecule has 0 N–H and O–H groups in total. The second-order valence-corrected chi connectivity index (χ2v) is 4.89. The van der Waals surface area contributed by atoms with Crippen molar-refractivity contribution in [3.8, 4) is 0 Å². The Bertz CT molecular complexity index is 717. The molecule has 0 aliphatic carbocycles. The highest BCUT2D eigenvalue weighted by atomic mass is 15.3. The van der Waals surface area contributed by atoms with Crippen LogP contribution in [0.5, 0.6) is 0 Å². The third-order valence-corrected chi connectivity index (χ3v) is 3.44. The summed E-state index contributed by atoms with van der Waals surface area (Å²) in [6, 6.07) is 7.96. The monoisotopic (exact) mass is 279 g/mol. The molecule has 0 saturated heterocycles. The van der Waals surface area contributed by atoms with E-state index in [1.54, 1.807) is 18.6 Å². The molecule has 0 atom stereocenters.